The van der Waals surface area contributed by atoms with Crippen LogP contribution in [0.4, 0.5) is 17.3 Å². The Morgan fingerprint density at radius 3 is 2.17 bits per heavy atom. The zero-order valence-corrected chi connectivity index (χ0v) is 13.7. The van der Waals surface area contributed by atoms with E-state index < -0.39 is 7.25 Å². The van der Waals surface area contributed by atoms with Gasteiger partial charge in [0.25, 0.3) is 0 Å². The summed E-state index contributed by atoms with van der Waals surface area (Å²) in [6.07, 6.45) is 2.12. The minimum Gasteiger partial charge on any atom is -0.479 e. The fourth-order valence-corrected chi connectivity index (χ4v) is 2.30. The Hall–Kier alpha value is -1.99. The first-order valence-electron chi connectivity index (χ1n) is 7.31. The molecule has 1 aromatic carbocycles. The van der Waals surface area contributed by atoms with E-state index in [1.54, 1.807) is 0 Å². The van der Waals surface area contributed by atoms with Crippen LogP contribution in [0.5, 0.6) is 5.88 Å². The summed E-state index contributed by atoms with van der Waals surface area (Å²) in [5.41, 5.74) is 2.40. The van der Waals surface area contributed by atoms with Gasteiger partial charge in [0, 0.05) is 11.9 Å². The predicted octanol–water partition coefficient (Wildman–Crippen LogP) is 4.05. The summed E-state index contributed by atoms with van der Waals surface area (Å²) >= 11 is 0. The molecule has 0 aliphatic heterocycles. The largest absolute Gasteiger partial charge is 0.673 e. The summed E-state index contributed by atoms with van der Waals surface area (Å²) in [7, 11) is -1.93. The molecule has 0 saturated carbocycles. The van der Waals surface area contributed by atoms with Crippen molar-refractivity contribution < 1.29 is 26.6 Å². The van der Waals surface area contributed by atoms with Gasteiger partial charge in [-0.05, 0) is 19.9 Å². The van der Waals surface area contributed by atoms with Crippen molar-refractivity contribution in [3.63, 3.8) is 0 Å². The van der Waals surface area contributed by atoms with Crippen molar-refractivity contribution in [3.05, 3.63) is 29.8 Å². The van der Waals surface area contributed by atoms with Crippen molar-refractivity contribution in [2.45, 2.75) is 20.4 Å². The number of hydrogen-bond donors (Lipinski definition) is 0. The first kappa shape index (κ1) is 19.1. The lowest BCUT2D eigenvalue weighted by Crippen LogP contribution is -2.05. The maximum absolute atomic E-state index is 9.75. The SMILES string of the molecule is CCOc1c(C=[N+](C)C)c2ccccc2n1CC.F[B-](F)(F)F. The molecule has 0 unspecified atom stereocenters. The van der Waals surface area contributed by atoms with Crippen LogP contribution in [0, 0.1) is 0 Å². The van der Waals surface area contributed by atoms with Gasteiger partial charge >= 0.3 is 7.25 Å². The molecule has 0 aliphatic rings. The van der Waals surface area contributed by atoms with Crippen LogP contribution < -0.4 is 4.74 Å². The quantitative estimate of drug-likeness (QED) is 0.357. The van der Waals surface area contributed by atoms with Gasteiger partial charge in [0.05, 0.1) is 12.1 Å². The normalized spacial score (nSPS) is 11.0. The molecule has 0 fully saturated rings. The highest BCUT2D eigenvalue weighted by molar-refractivity contribution is 6.50. The molecular weight excluding hydrogens is 311 g/mol. The fraction of sp³-hybridized carbons (Fsp3) is 0.400. The third-order valence-corrected chi connectivity index (χ3v) is 2.95. The van der Waals surface area contributed by atoms with Crippen LogP contribution in [-0.2, 0) is 6.54 Å². The van der Waals surface area contributed by atoms with E-state index in [1.165, 1.54) is 16.5 Å². The summed E-state index contributed by atoms with van der Waals surface area (Å²) in [6, 6.07) is 8.45. The van der Waals surface area contributed by atoms with Crippen molar-refractivity contribution in [3.8, 4) is 5.88 Å². The average Bonchev–Trinajstić information content (AvgIpc) is 2.71. The first-order valence-corrected chi connectivity index (χ1v) is 7.31. The molecule has 0 bridgehead atoms. The molecule has 0 atom stereocenters. The van der Waals surface area contributed by atoms with Crippen molar-refractivity contribution in [2.75, 3.05) is 20.7 Å². The number of hydrogen-bond acceptors (Lipinski definition) is 1. The molecule has 8 heteroatoms. The minimum absolute atomic E-state index is 0.685. The van der Waals surface area contributed by atoms with E-state index in [-0.39, 0.29) is 0 Å². The topological polar surface area (TPSA) is 17.2 Å². The lowest BCUT2D eigenvalue weighted by atomic mass is 10.2. The summed E-state index contributed by atoms with van der Waals surface area (Å²) in [5.74, 6) is 0.968. The third kappa shape index (κ3) is 5.61. The summed E-state index contributed by atoms with van der Waals surface area (Å²) in [6.45, 7) is 5.77. The average molecular weight is 332 g/mol. The molecule has 0 aliphatic carbocycles. The highest BCUT2D eigenvalue weighted by atomic mass is 19.5. The third-order valence-electron chi connectivity index (χ3n) is 2.95. The van der Waals surface area contributed by atoms with Gasteiger partial charge in [-0.25, -0.2) is 4.58 Å². The Morgan fingerprint density at radius 1 is 1.13 bits per heavy atom. The number of aryl methyl sites for hydroxylation is 1. The standard InChI is InChI=1S/C15H21N2O.BF4/c1-5-17-14-10-8-7-9-12(14)13(11-16(3)4)15(17)18-6-2;2-1(3,4)5/h7-11H,5-6H2,1-4H3;/q+1;-1. The molecule has 0 N–H and O–H groups in total. The van der Waals surface area contributed by atoms with E-state index >= 15 is 0 Å². The highest BCUT2D eigenvalue weighted by Crippen LogP contribution is 2.30. The Balaban J connectivity index is 0.000000463. The molecule has 23 heavy (non-hydrogen) atoms. The predicted molar refractivity (Wildman–Crippen MR) is 86.2 cm³/mol. The Labute approximate surface area is 133 Å². The van der Waals surface area contributed by atoms with E-state index in [2.05, 4.69) is 46.5 Å². The van der Waals surface area contributed by atoms with E-state index in [4.69, 9.17) is 4.74 Å². The second kappa shape index (κ2) is 8.03. The van der Waals surface area contributed by atoms with Crippen molar-refractivity contribution in [1.82, 2.24) is 4.57 Å². The van der Waals surface area contributed by atoms with E-state index in [0.29, 0.717) is 6.61 Å². The summed E-state index contributed by atoms with van der Waals surface area (Å²) < 4.78 is 49.1. The Kier molecular flexibility index (Phi) is 6.66. The number of fused-ring (bicyclic) bond motifs is 1. The van der Waals surface area contributed by atoms with Gasteiger partial charge in [-0.3, -0.25) is 0 Å². The van der Waals surface area contributed by atoms with Crippen LogP contribution in [0.1, 0.15) is 19.4 Å². The molecule has 2 aromatic rings. The number of nitrogens with zero attached hydrogens (tertiary/aromatic N) is 2. The monoisotopic (exact) mass is 332 g/mol. The van der Waals surface area contributed by atoms with Gasteiger partial charge in [-0.1, -0.05) is 18.2 Å². The maximum Gasteiger partial charge on any atom is 0.673 e. The van der Waals surface area contributed by atoms with Crippen LogP contribution in [0.2, 0.25) is 0 Å². The second-order valence-electron chi connectivity index (χ2n) is 5.00. The Morgan fingerprint density at radius 2 is 1.70 bits per heavy atom. The second-order valence-corrected chi connectivity index (χ2v) is 5.00. The van der Waals surface area contributed by atoms with Crippen molar-refractivity contribution >= 4 is 24.4 Å². The lowest BCUT2D eigenvalue weighted by molar-refractivity contribution is -0.458. The zero-order chi connectivity index (χ0) is 17.6. The van der Waals surface area contributed by atoms with Crippen LogP contribution in [0.3, 0.4) is 0 Å². The lowest BCUT2D eigenvalue weighted by Gasteiger charge is -2.08. The maximum atomic E-state index is 9.75. The number of benzene rings is 1. The molecule has 3 nitrogen and oxygen atoms in total. The van der Waals surface area contributed by atoms with Crippen LogP contribution in [-0.4, -0.2) is 43.3 Å². The molecule has 0 saturated heterocycles. The molecule has 0 radical (unpaired) electrons. The molecule has 0 spiro atoms. The number of rotatable bonds is 4. The van der Waals surface area contributed by atoms with Crippen molar-refractivity contribution in [1.29, 1.82) is 0 Å². The van der Waals surface area contributed by atoms with Gasteiger partial charge in [-0.15, -0.1) is 0 Å². The van der Waals surface area contributed by atoms with Crippen LogP contribution in [0.15, 0.2) is 24.3 Å². The molecule has 1 aromatic heterocycles. The first-order chi connectivity index (χ1) is 10.7. The number of halogens is 4. The molecular formula is C15H21BF4N2O. The van der Waals surface area contributed by atoms with Gasteiger partial charge in [0.2, 0.25) is 5.88 Å². The number of ether oxygens (including phenoxy) is 1. The number of para-hydroxylation sites is 1. The zero-order valence-electron chi connectivity index (χ0n) is 13.7. The molecule has 128 valence electrons. The number of aromatic nitrogens is 1. The minimum atomic E-state index is -6.00. The molecule has 1 heterocycles. The fourth-order valence-electron chi connectivity index (χ4n) is 2.30. The van der Waals surface area contributed by atoms with E-state index in [9.17, 15) is 17.3 Å². The van der Waals surface area contributed by atoms with Gasteiger partial charge < -0.3 is 26.6 Å². The molecule has 2 rings (SSSR count). The van der Waals surface area contributed by atoms with E-state index in [1.807, 2.05) is 21.0 Å². The smallest absolute Gasteiger partial charge is 0.479 e. The summed E-state index contributed by atoms with van der Waals surface area (Å²) in [5, 5.41) is 1.25. The van der Waals surface area contributed by atoms with Crippen LogP contribution in [0.25, 0.3) is 10.9 Å². The van der Waals surface area contributed by atoms with E-state index in [0.717, 1.165) is 12.4 Å². The van der Waals surface area contributed by atoms with Crippen molar-refractivity contribution in [2.24, 2.45) is 0 Å². The van der Waals surface area contributed by atoms with Gasteiger partial charge in [0.1, 0.15) is 19.7 Å². The molecule has 0 amide bonds. The van der Waals surface area contributed by atoms with Gasteiger partial charge in [0.15, 0.2) is 6.21 Å². The van der Waals surface area contributed by atoms with Gasteiger partial charge in [-0.2, -0.15) is 0 Å². The highest BCUT2D eigenvalue weighted by Gasteiger charge is 2.20. The van der Waals surface area contributed by atoms with Crippen LogP contribution >= 0.6 is 0 Å². The summed E-state index contributed by atoms with van der Waals surface area (Å²) in [4.78, 5) is 0. The Bertz CT molecular complexity index is 670.